The molecule has 1 aromatic rings. The standard InChI is InChI=1S/C10H11ClFNO/c11-10-7(2-1-3-9(10)12)6-14-8-4-13-5-8/h1-3,8,13H,4-6H2. The van der Waals surface area contributed by atoms with E-state index in [-0.39, 0.29) is 16.9 Å². The molecule has 0 aromatic heterocycles. The molecule has 1 saturated heterocycles. The third-order valence-electron chi connectivity index (χ3n) is 2.25. The van der Waals surface area contributed by atoms with E-state index in [0.29, 0.717) is 12.2 Å². The monoisotopic (exact) mass is 215 g/mol. The SMILES string of the molecule is Fc1cccc(COC2CNC2)c1Cl. The Labute approximate surface area is 87.0 Å². The molecule has 4 heteroatoms. The van der Waals surface area contributed by atoms with E-state index in [1.54, 1.807) is 12.1 Å². The van der Waals surface area contributed by atoms with Gasteiger partial charge in [-0.2, -0.15) is 0 Å². The predicted octanol–water partition coefficient (Wildman–Crippen LogP) is 1.97. The molecule has 76 valence electrons. The van der Waals surface area contributed by atoms with Gasteiger partial charge in [0, 0.05) is 13.1 Å². The molecule has 2 nitrogen and oxygen atoms in total. The zero-order chi connectivity index (χ0) is 9.97. The molecule has 1 aliphatic heterocycles. The van der Waals surface area contributed by atoms with Crippen LogP contribution in [0.4, 0.5) is 4.39 Å². The fourth-order valence-electron chi connectivity index (χ4n) is 1.25. The average molecular weight is 216 g/mol. The van der Waals surface area contributed by atoms with Gasteiger partial charge in [-0.1, -0.05) is 23.7 Å². The van der Waals surface area contributed by atoms with Gasteiger partial charge in [-0.15, -0.1) is 0 Å². The lowest BCUT2D eigenvalue weighted by Gasteiger charge is -2.27. The van der Waals surface area contributed by atoms with Crippen LogP contribution in [0.15, 0.2) is 18.2 Å². The van der Waals surface area contributed by atoms with E-state index in [0.717, 1.165) is 13.1 Å². The van der Waals surface area contributed by atoms with Crippen LogP contribution in [0.2, 0.25) is 5.02 Å². The first-order valence-corrected chi connectivity index (χ1v) is 4.90. The normalized spacial score (nSPS) is 16.7. The van der Waals surface area contributed by atoms with Crippen molar-refractivity contribution in [2.75, 3.05) is 13.1 Å². The van der Waals surface area contributed by atoms with Gasteiger partial charge in [0.2, 0.25) is 0 Å². The summed E-state index contributed by atoms with van der Waals surface area (Å²) in [5, 5.41) is 3.26. The summed E-state index contributed by atoms with van der Waals surface area (Å²) in [5.74, 6) is -0.389. The quantitative estimate of drug-likeness (QED) is 0.833. The Kier molecular flexibility index (Phi) is 3.01. The van der Waals surface area contributed by atoms with Gasteiger partial charge in [0.15, 0.2) is 0 Å². The van der Waals surface area contributed by atoms with E-state index in [1.807, 2.05) is 0 Å². The third-order valence-corrected chi connectivity index (χ3v) is 2.67. The number of hydrogen-bond donors (Lipinski definition) is 1. The Morgan fingerprint density at radius 1 is 1.50 bits per heavy atom. The number of halogens is 2. The van der Waals surface area contributed by atoms with E-state index in [1.165, 1.54) is 6.07 Å². The molecule has 0 spiro atoms. The van der Waals surface area contributed by atoms with Gasteiger partial charge in [-0.3, -0.25) is 0 Å². The van der Waals surface area contributed by atoms with Gasteiger partial charge in [0.25, 0.3) is 0 Å². The highest BCUT2D eigenvalue weighted by molar-refractivity contribution is 6.31. The highest BCUT2D eigenvalue weighted by Crippen LogP contribution is 2.20. The van der Waals surface area contributed by atoms with Gasteiger partial charge in [0.1, 0.15) is 5.82 Å². The van der Waals surface area contributed by atoms with Crippen LogP contribution in [0.3, 0.4) is 0 Å². The summed E-state index contributed by atoms with van der Waals surface area (Å²) < 4.78 is 18.5. The Hall–Kier alpha value is -0.640. The van der Waals surface area contributed by atoms with Crippen molar-refractivity contribution >= 4 is 11.6 Å². The van der Waals surface area contributed by atoms with Gasteiger partial charge in [-0.25, -0.2) is 4.39 Å². The molecule has 14 heavy (non-hydrogen) atoms. The number of ether oxygens (including phenoxy) is 1. The van der Waals surface area contributed by atoms with E-state index >= 15 is 0 Å². The molecule has 0 bridgehead atoms. The molecule has 1 N–H and O–H groups in total. The van der Waals surface area contributed by atoms with Gasteiger partial charge < -0.3 is 10.1 Å². The van der Waals surface area contributed by atoms with Crippen LogP contribution in [0.1, 0.15) is 5.56 Å². The molecule has 1 fully saturated rings. The molecule has 1 aromatic carbocycles. The number of rotatable bonds is 3. The van der Waals surface area contributed by atoms with Crippen molar-refractivity contribution in [1.82, 2.24) is 5.32 Å². The smallest absolute Gasteiger partial charge is 0.142 e. The third kappa shape index (κ3) is 2.05. The molecule has 0 radical (unpaired) electrons. The van der Waals surface area contributed by atoms with Crippen molar-refractivity contribution in [2.24, 2.45) is 0 Å². The Morgan fingerprint density at radius 2 is 2.29 bits per heavy atom. The van der Waals surface area contributed by atoms with Crippen LogP contribution in [-0.4, -0.2) is 19.2 Å². The van der Waals surface area contributed by atoms with Crippen molar-refractivity contribution < 1.29 is 9.13 Å². The molecule has 0 aliphatic carbocycles. The van der Waals surface area contributed by atoms with Crippen molar-refractivity contribution in [3.05, 3.63) is 34.6 Å². The maximum Gasteiger partial charge on any atom is 0.142 e. The summed E-state index contributed by atoms with van der Waals surface area (Å²) in [6, 6.07) is 4.76. The first kappa shape index (κ1) is 9.90. The van der Waals surface area contributed by atoms with Gasteiger partial charge >= 0.3 is 0 Å². The van der Waals surface area contributed by atoms with E-state index < -0.39 is 0 Å². The fourth-order valence-corrected chi connectivity index (χ4v) is 1.43. The van der Waals surface area contributed by atoms with E-state index in [4.69, 9.17) is 16.3 Å². The average Bonchev–Trinajstić information content (AvgIpc) is 2.09. The predicted molar refractivity (Wildman–Crippen MR) is 52.9 cm³/mol. The molecule has 1 heterocycles. The van der Waals surface area contributed by atoms with Crippen LogP contribution >= 0.6 is 11.6 Å². The van der Waals surface area contributed by atoms with Gasteiger partial charge in [-0.05, 0) is 11.6 Å². The summed E-state index contributed by atoms with van der Waals surface area (Å²) in [5.41, 5.74) is 0.707. The molecular formula is C10H11ClFNO. The van der Waals surface area contributed by atoms with E-state index in [2.05, 4.69) is 5.32 Å². The van der Waals surface area contributed by atoms with Crippen molar-refractivity contribution in [2.45, 2.75) is 12.7 Å². The number of benzene rings is 1. The zero-order valence-electron chi connectivity index (χ0n) is 7.59. The minimum Gasteiger partial charge on any atom is -0.371 e. The lowest BCUT2D eigenvalue weighted by Crippen LogP contribution is -2.48. The Morgan fingerprint density at radius 3 is 2.93 bits per heavy atom. The maximum absolute atomic E-state index is 13.0. The summed E-state index contributed by atoms with van der Waals surface area (Å²) in [7, 11) is 0. The van der Waals surface area contributed by atoms with Crippen LogP contribution in [-0.2, 0) is 11.3 Å². The maximum atomic E-state index is 13.0. The molecule has 0 unspecified atom stereocenters. The molecule has 2 rings (SSSR count). The highest BCUT2D eigenvalue weighted by Gasteiger charge is 2.17. The van der Waals surface area contributed by atoms with Crippen molar-refractivity contribution in [1.29, 1.82) is 0 Å². The first-order valence-electron chi connectivity index (χ1n) is 4.52. The lowest BCUT2D eigenvalue weighted by molar-refractivity contribution is 0.00753. The fraction of sp³-hybridized carbons (Fsp3) is 0.400. The molecule has 0 atom stereocenters. The number of hydrogen-bond acceptors (Lipinski definition) is 2. The summed E-state index contributed by atoms with van der Waals surface area (Å²) in [6.07, 6.45) is 0.245. The zero-order valence-corrected chi connectivity index (χ0v) is 8.35. The second kappa shape index (κ2) is 4.26. The minimum atomic E-state index is -0.389. The summed E-state index contributed by atoms with van der Waals surface area (Å²) in [6.45, 7) is 2.11. The van der Waals surface area contributed by atoms with Gasteiger partial charge in [0.05, 0.1) is 17.7 Å². The number of nitrogens with one attached hydrogen (secondary N) is 1. The Bertz CT molecular complexity index is 328. The largest absolute Gasteiger partial charge is 0.371 e. The summed E-state index contributed by atoms with van der Waals surface area (Å²) in [4.78, 5) is 0. The van der Waals surface area contributed by atoms with Crippen LogP contribution in [0.25, 0.3) is 0 Å². The summed E-state index contributed by atoms with van der Waals surface area (Å²) >= 11 is 5.77. The van der Waals surface area contributed by atoms with Crippen molar-refractivity contribution in [3.8, 4) is 0 Å². The van der Waals surface area contributed by atoms with Crippen LogP contribution in [0, 0.1) is 5.82 Å². The van der Waals surface area contributed by atoms with Crippen LogP contribution < -0.4 is 5.32 Å². The molecule has 1 aliphatic rings. The Balaban J connectivity index is 1.97. The highest BCUT2D eigenvalue weighted by atomic mass is 35.5. The molecule has 0 amide bonds. The van der Waals surface area contributed by atoms with Crippen LogP contribution in [0.5, 0.6) is 0 Å². The van der Waals surface area contributed by atoms with Crippen molar-refractivity contribution in [3.63, 3.8) is 0 Å². The lowest BCUT2D eigenvalue weighted by atomic mass is 10.2. The second-order valence-electron chi connectivity index (χ2n) is 3.30. The molecule has 0 saturated carbocycles. The molecular weight excluding hydrogens is 205 g/mol. The minimum absolute atomic E-state index is 0.166. The second-order valence-corrected chi connectivity index (χ2v) is 3.68. The van der Waals surface area contributed by atoms with E-state index in [9.17, 15) is 4.39 Å². The first-order chi connectivity index (χ1) is 6.77. The topological polar surface area (TPSA) is 21.3 Å².